The van der Waals surface area contributed by atoms with Gasteiger partial charge in [-0.05, 0) is 38.1 Å². The first-order valence-electron chi connectivity index (χ1n) is 6.28. The van der Waals surface area contributed by atoms with E-state index in [-0.39, 0.29) is 6.03 Å². The second kappa shape index (κ2) is 6.46. The summed E-state index contributed by atoms with van der Waals surface area (Å²) in [6.07, 6.45) is 2.10. The molecule has 1 heterocycles. The second-order valence-electron chi connectivity index (χ2n) is 4.63. The molecule has 6 heteroatoms. The number of halogens is 2. The van der Waals surface area contributed by atoms with Crippen molar-refractivity contribution in [3.05, 3.63) is 28.2 Å². The largest absolute Gasteiger partial charge is 0.323 e. The van der Waals surface area contributed by atoms with Crippen LogP contribution >= 0.6 is 23.2 Å². The second-order valence-corrected chi connectivity index (χ2v) is 5.47. The standard InChI is InChI=1S/C13H17Cl2N3O/c1-16-10-3-2-6-18(8-10)13(19)17-12-7-9(14)4-5-11(12)15/h4-5,7,10,16H,2-3,6,8H2,1H3,(H,17,19). The zero-order valence-corrected chi connectivity index (χ0v) is 12.3. The molecular weight excluding hydrogens is 285 g/mol. The zero-order chi connectivity index (χ0) is 13.8. The SMILES string of the molecule is CNC1CCCN(C(=O)Nc2cc(Cl)ccc2Cl)C1. The van der Waals surface area contributed by atoms with Crippen LogP contribution in [-0.4, -0.2) is 37.1 Å². The lowest BCUT2D eigenvalue weighted by atomic mass is 10.1. The quantitative estimate of drug-likeness (QED) is 0.881. The average molecular weight is 302 g/mol. The van der Waals surface area contributed by atoms with E-state index in [1.165, 1.54) is 0 Å². The van der Waals surface area contributed by atoms with E-state index in [2.05, 4.69) is 10.6 Å². The van der Waals surface area contributed by atoms with E-state index in [4.69, 9.17) is 23.2 Å². The van der Waals surface area contributed by atoms with Crippen molar-refractivity contribution in [1.29, 1.82) is 0 Å². The van der Waals surface area contributed by atoms with Gasteiger partial charge in [0.25, 0.3) is 0 Å². The van der Waals surface area contributed by atoms with E-state index in [9.17, 15) is 4.79 Å². The fourth-order valence-electron chi connectivity index (χ4n) is 2.18. The Morgan fingerprint density at radius 1 is 1.42 bits per heavy atom. The van der Waals surface area contributed by atoms with Gasteiger partial charge in [0.15, 0.2) is 0 Å². The van der Waals surface area contributed by atoms with E-state index in [1.54, 1.807) is 23.1 Å². The highest BCUT2D eigenvalue weighted by Gasteiger charge is 2.22. The summed E-state index contributed by atoms with van der Waals surface area (Å²) < 4.78 is 0. The van der Waals surface area contributed by atoms with Crippen LogP contribution in [0.25, 0.3) is 0 Å². The number of carbonyl (C=O) groups is 1. The fourth-order valence-corrected chi connectivity index (χ4v) is 2.52. The maximum Gasteiger partial charge on any atom is 0.321 e. The van der Waals surface area contributed by atoms with E-state index < -0.39 is 0 Å². The lowest BCUT2D eigenvalue weighted by Gasteiger charge is -2.32. The van der Waals surface area contributed by atoms with Crippen molar-refractivity contribution in [1.82, 2.24) is 10.2 Å². The van der Waals surface area contributed by atoms with Crippen LogP contribution in [0.1, 0.15) is 12.8 Å². The number of rotatable bonds is 2. The molecule has 2 N–H and O–H groups in total. The van der Waals surface area contributed by atoms with Gasteiger partial charge in [-0.1, -0.05) is 23.2 Å². The molecule has 1 aromatic rings. The van der Waals surface area contributed by atoms with Gasteiger partial charge in [-0.2, -0.15) is 0 Å². The number of likely N-dealkylation sites (tertiary alicyclic amines) is 1. The predicted octanol–water partition coefficient (Wildman–Crippen LogP) is 3.21. The topological polar surface area (TPSA) is 44.4 Å². The Kier molecular flexibility index (Phi) is 4.91. The Balaban J connectivity index is 2.02. The van der Waals surface area contributed by atoms with Crippen LogP contribution in [0, 0.1) is 0 Å². The van der Waals surface area contributed by atoms with Gasteiger partial charge in [0.2, 0.25) is 0 Å². The highest BCUT2D eigenvalue weighted by atomic mass is 35.5. The molecule has 1 aliphatic rings. The molecule has 0 aliphatic carbocycles. The molecule has 4 nitrogen and oxygen atoms in total. The number of nitrogens with one attached hydrogen (secondary N) is 2. The van der Waals surface area contributed by atoms with Crippen LogP contribution in [0.3, 0.4) is 0 Å². The maximum atomic E-state index is 12.2. The van der Waals surface area contributed by atoms with E-state index in [0.717, 1.165) is 19.4 Å². The number of anilines is 1. The first kappa shape index (κ1) is 14.4. The van der Waals surface area contributed by atoms with Gasteiger partial charge in [0.1, 0.15) is 0 Å². The molecule has 1 fully saturated rings. The first-order chi connectivity index (χ1) is 9.10. The minimum atomic E-state index is -0.135. The molecule has 104 valence electrons. The summed E-state index contributed by atoms with van der Waals surface area (Å²) in [4.78, 5) is 14.0. The van der Waals surface area contributed by atoms with E-state index in [1.807, 2.05) is 7.05 Å². The third kappa shape index (κ3) is 3.75. The van der Waals surface area contributed by atoms with Gasteiger partial charge in [0.05, 0.1) is 10.7 Å². The summed E-state index contributed by atoms with van der Waals surface area (Å²) in [5, 5.41) is 7.05. The van der Waals surface area contributed by atoms with Gasteiger partial charge in [0, 0.05) is 24.2 Å². The first-order valence-corrected chi connectivity index (χ1v) is 7.04. The molecule has 1 aromatic carbocycles. The summed E-state index contributed by atoms with van der Waals surface area (Å²) in [7, 11) is 1.92. The van der Waals surface area contributed by atoms with Crippen LogP contribution < -0.4 is 10.6 Å². The zero-order valence-electron chi connectivity index (χ0n) is 10.7. The van der Waals surface area contributed by atoms with Crippen LogP contribution in [0.4, 0.5) is 10.5 Å². The number of likely N-dealkylation sites (N-methyl/N-ethyl adjacent to an activating group) is 1. The van der Waals surface area contributed by atoms with Crippen LogP contribution in [0.2, 0.25) is 10.0 Å². The number of amides is 2. The molecule has 2 amide bonds. The van der Waals surface area contributed by atoms with Gasteiger partial charge in [-0.3, -0.25) is 0 Å². The van der Waals surface area contributed by atoms with Crippen molar-refractivity contribution in [2.24, 2.45) is 0 Å². The molecular formula is C13H17Cl2N3O. The number of carbonyl (C=O) groups excluding carboxylic acids is 1. The Bertz CT molecular complexity index is 467. The molecule has 1 saturated heterocycles. The predicted molar refractivity (Wildman–Crippen MR) is 79.1 cm³/mol. The minimum absolute atomic E-state index is 0.135. The fraction of sp³-hybridized carbons (Fsp3) is 0.462. The molecule has 0 aromatic heterocycles. The van der Waals surface area contributed by atoms with Crippen molar-refractivity contribution < 1.29 is 4.79 Å². The highest BCUT2D eigenvalue weighted by Crippen LogP contribution is 2.26. The lowest BCUT2D eigenvalue weighted by Crippen LogP contribution is -2.48. The van der Waals surface area contributed by atoms with Crippen LogP contribution in [-0.2, 0) is 0 Å². The number of nitrogens with zero attached hydrogens (tertiary/aromatic N) is 1. The number of hydrogen-bond acceptors (Lipinski definition) is 2. The molecule has 1 atom stereocenters. The summed E-state index contributed by atoms with van der Waals surface area (Å²) in [6, 6.07) is 5.24. The van der Waals surface area contributed by atoms with E-state index in [0.29, 0.717) is 28.3 Å². The number of hydrogen-bond donors (Lipinski definition) is 2. The molecule has 0 bridgehead atoms. The highest BCUT2D eigenvalue weighted by molar-refractivity contribution is 6.35. The third-order valence-electron chi connectivity index (χ3n) is 3.29. The van der Waals surface area contributed by atoms with Gasteiger partial charge in [-0.25, -0.2) is 4.79 Å². The average Bonchev–Trinajstić information content (AvgIpc) is 2.43. The van der Waals surface area contributed by atoms with Crippen molar-refractivity contribution in [2.45, 2.75) is 18.9 Å². The molecule has 0 spiro atoms. The summed E-state index contributed by atoms with van der Waals surface area (Å²) >= 11 is 11.9. The molecule has 2 rings (SSSR count). The number of benzene rings is 1. The molecule has 0 radical (unpaired) electrons. The Labute approximate surface area is 123 Å². The monoisotopic (exact) mass is 301 g/mol. The van der Waals surface area contributed by atoms with E-state index >= 15 is 0 Å². The smallest absolute Gasteiger partial charge is 0.321 e. The Morgan fingerprint density at radius 2 is 2.21 bits per heavy atom. The normalized spacial score (nSPS) is 19.3. The summed E-state index contributed by atoms with van der Waals surface area (Å²) in [5.74, 6) is 0. The van der Waals surface area contributed by atoms with Crippen molar-refractivity contribution in [3.8, 4) is 0 Å². The Hall–Kier alpha value is -0.970. The number of piperidine rings is 1. The van der Waals surface area contributed by atoms with Gasteiger partial charge in [-0.15, -0.1) is 0 Å². The molecule has 1 aliphatic heterocycles. The molecule has 1 unspecified atom stereocenters. The number of urea groups is 1. The molecule has 19 heavy (non-hydrogen) atoms. The third-order valence-corrected chi connectivity index (χ3v) is 3.85. The lowest BCUT2D eigenvalue weighted by molar-refractivity contribution is 0.187. The maximum absolute atomic E-state index is 12.2. The molecule has 0 saturated carbocycles. The summed E-state index contributed by atoms with van der Waals surface area (Å²) in [5.41, 5.74) is 0.547. The minimum Gasteiger partial charge on any atom is -0.323 e. The van der Waals surface area contributed by atoms with Crippen molar-refractivity contribution in [3.63, 3.8) is 0 Å². The van der Waals surface area contributed by atoms with Gasteiger partial charge < -0.3 is 15.5 Å². The van der Waals surface area contributed by atoms with Crippen molar-refractivity contribution >= 4 is 34.9 Å². The Morgan fingerprint density at radius 3 is 2.95 bits per heavy atom. The summed E-state index contributed by atoms with van der Waals surface area (Å²) in [6.45, 7) is 1.47. The van der Waals surface area contributed by atoms with Crippen LogP contribution in [0.15, 0.2) is 18.2 Å². The van der Waals surface area contributed by atoms with Crippen LogP contribution in [0.5, 0.6) is 0 Å². The van der Waals surface area contributed by atoms with Crippen molar-refractivity contribution in [2.75, 3.05) is 25.5 Å². The van der Waals surface area contributed by atoms with Gasteiger partial charge >= 0.3 is 6.03 Å².